The van der Waals surface area contributed by atoms with Crippen LogP contribution in [0.1, 0.15) is 96.8 Å². The van der Waals surface area contributed by atoms with Crippen LogP contribution in [0.15, 0.2) is 0 Å². The molecule has 0 aromatic heterocycles. The molecule has 0 heterocycles. The molecule has 21 heavy (non-hydrogen) atoms. The van der Waals surface area contributed by atoms with E-state index in [1.165, 1.54) is 44.9 Å². The van der Waals surface area contributed by atoms with E-state index < -0.39 is 5.97 Å². The minimum Gasteiger partial charge on any atom is -0.550 e. The molecule has 0 radical (unpaired) electrons. The molecule has 0 spiro atoms. The summed E-state index contributed by atoms with van der Waals surface area (Å²) in [6.45, 7) is 2.24. The first-order chi connectivity index (χ1) is 9.77. The van der Waals surface area contributed by atoms with E-state index in [2.05, 4.69) is 18.8 Å². The van der Waals surface area contributed by atoms with Crippen molar-refractivity contribution in [2.75, 3.05) is 0 Å². The summed E-state index contributed by atoms with van der Waals surface area (Å²) in [7, 11) is 0. The first kappa shape index (κ1) is 22.9. The summed E-state index contributed by atoms with van der Waals surface area (Å²) >= 11 is 0. The Morgan fingerprint density at radius 2 is 1.19 bits per heavy atom. The monoisotopic (exact) mass is 286 g/mol. The number of aliphatic carboxylic acids is 1. The number of carbonyl (C=O) groups excluding carboxylic acids is 1. The Bertz CT molecular complexity index is 279. The maximum Gasteiger partial charge on any atom is 1.00 e. The van der Waals surface area contributed by atoms with Crippen LogP contribution in [0, 0.1) is 11.8 Å². The van der Waals surface area contributed by atoms with Gasteiger partial charge in [0.1, 0.15) is 0 Å². The minimum absolute atomic E-state index is 0. The van der Waals surface area contributed by atoms with Gasteiger partial charge in [0, 0.05) is 18.8 Å². The van der Waals surface area contributed by atoms with Crippen LogP contribution in [0.3, 0.4) is 0 Å². The zero-order chi connectivity index (χ0) is 14.9. The van der Waals surface area contributed by atoms with Gasteiger partial charge in [-0.15, -0.1) is 11.8 Å². The van der Waals surface area contributed by atoms with Crippen LogP contribution in [-0.4, -0.2) is 5.97 Å². The van der Waals surface area contributed by atoms with Gasteiger partial charge in [-0.3, -0.25) is 0 Å². The van der Waals surface area contributed by atoms with E-state index in [0.29, 0.717) is 0 Å². The van der Waals surface area contributed by atoms with E-state index in [0.717, 1.165) is 38.5 Å². The van der Waals surface area contributed by atoms with Crippen molar-refractivity contribution in [1.29, 1.82) is 0 Å². The van der Waals surface area contributed by atoms with Crippen LogP contribution in [0.4, 0.5) is 0 Å². The maximum atomic E-state index is 10.2. The third-order valence-corrected chi connectivity index (χ3v) is 3.46. The Morgan fingerprint density at radius 3 is 1.67 bits per heavy atom. The molecule has 0 atom stereocenters. The molecule has 2 nitrogen and oxygen atoms in total. The average Bonchev–Trinajstić information content (AvgIpc) is 2.43. The van der Waals surface area contributed by atoms with Gasteiger partial charge in [-0.2, -0.15) is 0 Å². The van der Waals surface area contributed by atoms with E-state index in [4.69, 9.17) is 0 Å². The van der Waals surface area contributed by atoms with Crippen LogP contribution in [0.25, 0.3) is 0 Å². The Kier molecular flexibility index (Phi) is 21.4. The number of carboxylic acids is 1. The number of hydrogen-bond donors (Lipinski definition) is 0. The molecule has 0 amide bonds. The second-order valence-electron chi connectivity index (χ2n) is 5.51. The molecule has 0 N–H and O–H groups in total. The Morgan fingerprint density at radius 1 is 0.762 bits per heavy atom. The molecule has 0 saturated heterocycles. The molecule has 0 aliphatic carbocycles. The van der Waals surface area contributed by atoms with Gasteiger partial charge in [0.25, 0.3) is 0 Å². The van der Waals surface area contributed by atoms with Crippen molar-refractivity contribution < 1.29 is 28.8 Å². The molecule has 0 fully saturated rings. The van der Waals surface area contributed by atoms with Crippen molar-refractivity contribution in [3.05, 3.63) is 0 Å². The zero-order valence-corrected chi connectivity index (χ0v) is 14.2. The molecule has 116 valence electrons. The summed E-state index contributed by atoms with van der Waals surface area (Å²) in [6, 6.07) is 0. The van der Waals surface area contributed by atoms with Gasteiger partial charge < -0.3 is 9.90 Å². The van der Waals surface area contributed by atoms with Crippen LogP contribution >= 0.6 is 0 Å². The van der Waals surface area contributed by atoms with Crippen LogP contribution < -0.4 is 24.0 Å². The number of carboxylic acid groups (broad SMARTS) is 1. The first-order valence-electron chi connectivity index (χ1n) is 8.43. The summed E-state index contributed by atoms with van der Waals surface area (Å²) < 4.78 is 0. The largest absolute Gasteiger partial charge is 1.00 e. The van der Waals surface area contributed by atoms with E-state index in [-0.39, 0.29) is 25.3 Å². The van der Waals surface area contributed by atoms with Crippen LogP contribution in [0.2, 0.25) is 0 Å². The fraction of sp³-hybridized carbons (Fsp3) is 0.833. The Hall–Kier alpha value is -0.373. The summed E-state index contributed by atoms with van der Waals surface area (Å²) in [4.78, 5) is 10.2. The molecular formula is C18H31LiO2. The minimum atomic E-state index is -0.925. The molecule has 0 aromatic carbocycles. The average molecular weight is 286 g/mol. The standard InChI is InChI=1S/C18H32O2.Li/c1-2-3-4-5-6-7-8-9-10-11-12-13-14-15-16-17-18(19)20;/h2-8,11-17H2,1H3,(H,19,20);/q;+1/p-1. The molecule has 0 aliphatic rings. The van der Waals surface area contributed by atoms with E-state index in [1.807, 2.05) is 0 Å². The van der Waals surface area contributed by atoms with E-state index in [1.54, 1.807) is 0 Å². The third kappa shape index (κ3) is 22.1. The van der Waals surface area contributed by atoms with Gasteiger partial charge in [-0.25, -0.2) is 0 Å². The second kappa shape index (κ2) is 19.6. The van der Waals surface area contributed by atoms with Crippen molar-refractivity contribution in [1.82, 2.24) is 0 Å². The van der Waals surface area contributed by atoms with Gasteiger partial charge in [0.05, 0.1) is 0 Å². The molecule has 0 bridgehead atoms. The predicted molar refractivity (Wildman–Crippen MR) is 83.1 cm³/mol. The first-order valence-corrected chi connectivity index (χ1v) is 8.43. The predicted octanol–water partition coefficient (Wildman–Crippen LogP) is 1.22. The molecule has 0 aliphatic heterocycles. The quantitative estimate of drug-likeness (QED) is 0.290. The van der Waals surface area contributed by atoms with E-state index in [9.17, 15) is 9.90 Å². The SMILES string of the molecule is CCCCCCCCC#CCCCCCCCC(=O)[O-].[Li+]. The Labute approximate surface area is 143 Å². The van der Waals surface area contributed by atoms with Gasteiger partial charge in [-0.1, -0.05) is 58.3 Å². The molecule has 0 aromatic rings. The smallest absolute Gasteiger partial charge is 0.550 e. The van der Waals surface area contributed by atoms with Gasteiger partial charge in [-0.05, 0) is 25.7 Å². The van der Waals surface area contributed by atoms with Crippen LogP contribution in [0.5, 0.6) is 0 Å². The number of carbonyl (C=O) groups is 1. The Balaban J connectivity index is 0. The second-order valence-corrected chi connectivity index (χ2v) is 5.51. The van der Waals surface area contributed by atoms with Gasteiger partial charge >= 0.3 is 18.9 Å². The third-order valence-electron chi connectivity index (χ3n) is 3.46. The van der Waals surface area contributed by atoms with Gasteiger partial charge in [0.15, 0.2) is 0 Å². The number of unbranched alkanes of at least 4 members (excludes halogenated alkanes) is 11. The number of rotatable bonds is 13. The summed E-state index contributed by atoms with van der Waals surface area (Å²) in [5.74, 6) is 5.57. The summed E-state index contributed by atoms with van der Waals surface area (Å²) in [6.07, 6.45) is 15.4. The summed E-state index contributed by atoms with van der Waals surface area (Å²) in [5, 5.41) is 10.2. The molecule has 0 rings (SSSR count). The summed E-state index contributed by atoms with van der Waals surface area (Å²) in [5.41, 5.74) is 0. The maximum absolute atomic E-state index is 10.2. The molecular weight excluding hydrogens is 255 g/mol. The van der Waals surface area contributed by atoms with E-state index >= 15 is 0 Å². The normalized spacial score (nSPS) is 9.57. The fourth-order valence-electron chi connectivity index (χ4n) is 2.18. The van der Waals surface area contributed by atoms with Crippen LogP contribution in [-0.2, 0) is 4.79 Å². The van der Waals surface area contributed by atoms with Crippen molar-refractivity contribution in [2.45, 2.75) is 96.8 Å². The van der Waals surface area contributed by atoms with Gasteiger partial charge in [0.2, 0.25) is 0 Å². The fourth-order valence-corrected chi connectivity index (χ4v) is 2.18. The zero-order valence-electron chi connectivity index (χ0n) is 14.2. The number of hydrogen-bond acceptors (Lipinski definition) is 2. The van der Waals surface area contributed by atoms with Crippen molar-refractivity contribution in [2.24, 2.45) is 0 Å². The molecule has 0 saturated carbocycles. The molecule has 3 heteroatoms. The topological polar surface area (TPSA) is 40.1 Å². The van der Waals surface area contributed by atoms with Crippen molar-refractivity contribution in [3.63, 3.8) is 0 Å². The van der Waals surface area contributed by atoms with Crippen molar-refractivity contribution in [3.8, 4) is 11.8 Å². The molecule has 0 unspecified atom stereocenters. The van der Waals surface area contributed by atoms with Crippen molar-refractivity contribution >= 4 is 5.97 Å².